The van der Waals surface area contributed by atoms with Crippen LogP contribution in [0.15, 0.2) is 24.4 Å². The summed E-state index contributed by atoms with van der Waals surface area (Å²) in [5, 5.41) is 10.5. The molecule has 4 heteroatoms. The van der Waals surface area contributed by atoms with Gasteiger partial charge in [0.25, 0.3) is 0 Å². The van der Waals surface area contributed by atoms with Crippen LogP contribution >= 0.6 is 0 Å². The molecule has 2 N–H and O–H groups in total. The molecule has 1 aliphatic rings. The molecule has 1 aromatic heterocycles. The Hall–Kier alpha value is -1.68. The normalized spacial score (nSPS) is 15.0. The van der Waals surface area contributed by atoms with Gasteiger partial charge in [-0.1, -0.05) is 12.1 Å². The van der Waals surface area contributed by atoms with Gasteiger partial charge in [0.1, 0.15) is 5.82 Å². The molecule has 0 unspecified atom stereocenters. The topological polar surface area (TPSA) is 40.7 Å². The van der Waals surface area contributed by atoms with Gasteiger partial charge in [-0.3, -0.25) is 5.10 Å². The zero-order valence-corrected chi connectivity index (χ0v) is 10.3. The van der Waals surface area contributed by atoms with E-state index in [4.69, 9.17) is 0 Å². The van der Waals surface area contributed by atoms with Crippen molar-refractivity contribution in [3.63, 3.8) is 0 Å². The summed E-state index contributed by atoms with van der Waals surface area (Å²) in [7, 11) is 0. The van der Waals surface area contributed by atoms with Crippen LogP contribution < -0.4 is 5.32 Å². The van der Waals surface area contributed by atoms with Gasteiger partial charge >= 0.3 is 0 Å². The Morgan fingerprint density at radius 1 is 1.44 bits per heavy atom. The third-order valence-electron chi connectivity index (χ3n) is 3.34. The molecular formula is C14H16FN3. The number of hydrogen-bond donors (Lipinski definition) is 2. The van der Waals surface area contributed by atoms with Crippen LogP contribution in [0, 0.1) is 12.7 Å². The first-order valence-corrected chi connectivity index (χ1v) is 6.26. The summed E-state index contributed by atoms with van der Waals surface area (Å²) >= 11 is 0. The van der Waals surface area contributed by atoms with Gasteiger partial charge in [-0.25, -0.2) is 4.39 Å². The van der Waals surface area contributed by atoms with E-state index in [2.05, 4.69) is 15.5 Å². The van der Waals surface area contributed by atoms with Crippen molar-refractivity contribution >= 4 is 0 Å². The first-order valence-electron chi connectivity index (χ1n) is 6.26. The highest BCUT2D eigenvalue weighted by Gasteiger charge is 2.21. The van der Waals surface area contributed by atoms with Crippen LogP contribution in [0.1, 0.15) is 24.0 Å². The molecule has 0 bridgehead atoms. The largest absolute Gasteiger partial charge is 0.310 e. The van der Waals surface area contributed by atoms with Crippen LogP contribution in [0.25, 0.3) is 11.3 Å². The Morgan fingerprint density at radius 2 is 2.28 bits per heavy atom. The van der Waals surface area contributed by atoms with E-state index >= 15 is 0 Å². The van der Waals surface area contributed by atoms with E-state index in [0.29, 0.717) is 11.6 Å². The molecule has 3 nitrogen and oxygen atoms in total. The van der Waals surface area contributed by atoms with Crippen molar-refractivity contribution in [3.8, 4) is 11.3 Å². The number of rotatable bonds is 4. The van der Waals surface area contributed by atoms with Gasteiger partial charge < -0.3 is 5.32 Å². The lowest BCUT2D eigenvalue weighted by atomic mass is 10.1. The first-order chi connectivity index (χ1) is 8.74. The number of aromatic nitrogens is 2. The van der Waals surface area contributed by atoms with Gasteiger partial charge in [-0.2, -0.15) is 5.10 Å². The number of hydrogen-bond acceptors (Lipinski definition) is 2. The quantitative estimate of drug-likeness (QED) is 0.869. The zero-order valence-electron chi connectivity index (χ0n) is 10.3. The third-order valence-corrected chi connectivity index (χ3v) is 3.34. The van der Waals surface area contributed by atoms with Crippen molar-refractivity contribution < 1.29 is 4.39 Å². The number of nitrogens with one attached hydrogen (secondary N) is 2. The second-order valence-corrected chi connectivity index (χ2v) is 4.89. The molecule has 0 amide bonds. The standard InChI is InChI=1S/C14H16FN3/c1-9-2-3-10(6-13(9)15)14-11(8-17-18-14)7-16-12-4-5-12/h2-3,6,8,12,16H,4-5,7H2,1H3,(H,17,18). The molecule has 0 aliphatic heterocycles. The molecule has 94 valence electrons. The molecule has 0 atom stereocenters. The molecular weight excluding hydrogens is 229 g/mol. The molecule has 0 saturated heterocycles. The van der Waals surface area contributed by atoms with E-state index in [1.54, 1.807) is 19.1 Å². The highest BCUT2D eigenvalue weighted by atomic mass is 19.1. The molecule has 0 spiro atoms. The van der Waals surface area contributed by atoms with Crippen molar-refractivity contribution in [1.82, 2.24) is 15.5 Å². The fourth-order valence-corrected chi connectivity index (χ4v) is 1.99. The fourth-order valence-electron chi connectivity index (χ4n) is 1.99. The second kappa shape index (κ2) is 4.53. The average molecular weight is 245 g/mol. The molecule has 0 radical (unpaired) electrons. The van der Waals surface area contributed by atoms with Gasteiger partial charge in [0.15, 0.2) is 0 Å². The summed E-state index contributed by atoms with van der Waals surface area (Å²) in [4.78, 5) is 0. The number of halogens is 1. The van der Waals surface area contributed by atoms with Gasteiger partial charge in [0.2, 0.25) is 0 Å². The smallest absolute Gasteiger partial charge is 0.126 e. The third kappa shape index (κ3) is 2.29. The fraction of sp³-hybridized carbons (Fsp3) is 0.357. The molecule has 2 aromatic rings. The SMILES string of the molecule is Cc1ccc(-c2[nH]ncc2CNC2CC2)cc1F. The lowest BCUT2D eigenvalue weighted by Gasteiger charge is -2.05. The maximum absolute atomic E-state index is 13.6. The van der Waals surface area contributed by atoms with Gasteiger partial charge in [0, 0.05) is 23.7 Å². The van der Waals surface area contributed by atoms with E-state index in [0.717, 1.165) is 23.4 Å². The Bertz CT molecular complexity index is 558. The minimum atomic E-state index is -0.178. The highest BCUT2D eigenvalue weighted by Crippen LogP contribution is 2.25. The van der Waals surface area contributed by atoms with Crippen molar-refractivity contribution in [3.05, 3.63) is 41.3 Å². The van der Waals surface area contributed by atoms with E-state index < -0.39 is 0 Å². The summed E-state index contributed by atoms with van der Waals surface area (Å²) in [6.07, 6.45) is 4.32. The van der Waals surface area contributed by atoms with E-state index in [1.807, 2.05) is 12.3 Å². The van der Waals surface area contributed by atoms with Gasteiger partial charge in [-0.05, 0) is 31.4 Å². The van der Waals surface area contributed by atoms with Crippen LogP contribution in [0.3, 0.4) is 0 Å². The first kappa shape index (κ1) is 11.4. The monoisotopic (exact) mass is 245 g/mol. The highest BCUT2D eigenvalue weighted by molar-refractivity contribution is 5.63. The molecule has 3 rings (SSSR count). The van der Waals surface area contributed by atoms with Crippen molar-refractivity contribution in [1.29, 1.82) is 0 Å². The molecule has 1 aromatic carbocycles. The van der Waals surface area contributed by atoms with Crippen LogP contribution in [-0.4, -0.2) is 16.2 Å². The Kier molecular flexibility index (Phi) is 2.88. The van der Waals surface area contributed by atoms with Crippen molar-refractivity contribution in [2.75, 3.05) is 0 Å². The number of aromatic amines is 1. The van der Waals surface area contributed by atoms with Crippen LogP contribution in [-0.2, 0) is 6.54 Å². The number of H-pyrrole nitrogens is 1. The summed E-state index contributed by atoms with van der Waals surface area (Å²) in [5.41, 5.74) is 3.51. The Balaban J connectivity index is 1.85. The molecule has 1 aliphatic carbocycles. The predicted octanol–water partition coefficient (Wildman–Crippen LogP) is 2.78. The minimum Gasteiger partial charge on any atom is -0.310 e. The molecule has 1 fully saturated rings. The van der Waals surface area contributed by atoms with Crippen molar-refractivity contribution in [2.45, 2.75) is 32.4 Å². The number of benzene rings is 1. The minimum absolute atomic E-state index is 0.178. The number of nitrogens with zero attached hydrogens (tertiary/aromatic N) is 1. The Morgan fingerprint density at radius 3 is 3.00 bits per heavy atom. The van der Waals surface area contributed by atoms with E-state index in [9.17, 15) is 4.39 Å². The van der Waals surface area contributed by atoms with Gasteiger partial charge in [-0.15, -0.1) is 0 Å². The lowest BCUT2D eigenvalue weighted by Crippen LogP contribution is -2.15. The zero-order chi connectivity index (χ0) is 12.5. The van der Waals surface area contributed by atoms with Crippen LogP contribution in [0.4, 0.5) is 4.39 Å². The molecule has 1 heterocycles. The lowest BCUT2D eigenvalue weighted by molar-refractivity contribution is 0.619. The summed E-state index contributed by atoms with van der Waals surface area (Å²) in [6, 6.07) is 5.93. The second-order valence-electron chi connectivity index (χ2n) is 4.89. The van der Waals surface area contributed by atoms with Crippen LogP contribution in [0.2, 0.25) is 0 Å². The number of aryl methyl sites for hydroxylation is 1. The predicted molar refractivity (Wildman–Crippen MR) is 68.6 cm³/mol. The molecule has 1 saturated carbocycles. The Labute approximate surface area is 105 Å². The maximum atomic E-state index is 13.6. The van der Waals surface area contributed by atoms with Crippen LogP contribution in [0.5, 0.6) is 0 Å². The average Bonchev–Trinajstić information content (AvgIpc) is 3.08. The molecule has 18 heavy (non-hydrogen) atoms. The summed E-state index contributed by atoms with van der Waals surface area (Å²) in [5.74, 6) is -0.178. The summed E-state index contributed by atoms with van der Waals surface area (Å²) < 4.78 is 13.6. The summed E-state index contributed by atoms with van der Waals surface area (Å²) in [6.45, 7) is 2.55. The van der Waals surface area contributed by atoms with E-state index in [-0.39, 0.29) is 5.82 Å². The van der Waals surface area contributed by atoms with Gasteiger partial charge in [0.05, 0.1) is 11.9 Å². The van der Waals surface area contributed by atoms with Crippen molar-refractivity contribution in [2.24, 2.45) is 0 Å². The van der Waals surface area contributed by atoms with E-state index in [1.165, 1.54) is 12.8 Å². The maximum Gasteiger partial charge on any atom is 0.126 e.